The van der Waals surface area contributed by atoms with Gasteiger partial charge in [-0.25, -0.2) is 0 Å². The summed E-state index contributed by atoms with van der Waals surface area (Å²) in [7, 11) is 5.98. The molecule has 4 heteroatoms. The molecule has 0 spiro atoms. The third-order valence-electron chi connectivity index (χ3n) is 8.42. The number of ether oxygens (including phenoxy) is 2. The highest BCUT2D eigenvalue weighted by atomic mass is 16.5. The number of aliphatic hydroxyl groups excluding tert-OH is 1. The van der Waals surface area contributed by atoms with Crippen molar-refractivity contribution >= 4 is 0 Å². The molecule has 4 nitrogen and oxygen atoms in total. The molecular weight excluding hydrogens is 410 g/mol. The first kappa shape index (κ1) is 22.7. The fourth-order valence-electron chi connectivity index (χ4n) is 7.47. The van der Waals surface area contributed by atoms with Crippen molar-refractivity contribution < 1.29 is 19.1 Å². The number of rotatable bonds is 9. The Labute approximate surface area is 199 Å². The summed E-state index contributed by atoms with van der Waals surface area (Å²) in [5.74, 6) is 4.61. The number of benzene rings is 2. The molecule has 2 aromatic carbocycles. The number of nitrogens with zero attached hydrogens (tertiary/aromatic N) is 1. The zero-order chi connectivity index (χ0) is 23.1. The third-order valence-corrected chi connectivity index (χ3v) is 8.42. The van der Waals surface area contributed by atoms with Crippen LogP contribution in [0.4, 0.5) is 0 Å². The smallest absolute Gasteiger partial charge is 0.137 e. The first-order chi connectivity index (χ1) is 15.8. The lowest BCUT2D eigenvalue weighted by Crippen LogP contribution is -2.48. The van der Waals surface area contributed by atoms with Crippen LogP contribution in [0.3, 0.4) is 0 Å². The fraction of sp³-hybridized carbons (Fsp3) is 0.586. The van der Waals surface area contributed by atoms with Crippen LogP contribution < -0.4 is 9.47 Å². The predicted molar refractivity (Wildman–Crippen MR) is 131 cm³/mol. The molecule has 2 aromatic rings. The number of likely N-dealkylation sites (N-methyl/N-ethyl adjacent to an activating group) is 1. The minimum atomic E-state index is -0.513. The summed E-state index contributed by atoms with van der Waals surface area (Å²) >= 11 is 0. The molecule has 4 fully saturated rings. The average molecular weight is 451 g/mol. The van der Waals surface area contributed by atoms with Gasteiger partial charge in [-0.1, -0.05) is 12.1 Å². The molecule has 4 aliphatic carbocycles. The molecule has 4 aliphatic rings. The number of hydrogen-bond acceptors (Lipinski definition) is 3. The Kier molecular flexibility index (Phi) is 6.17. The summed E-state index contributed by atoms with van der Waals surface area (Å²) in [6.45, 7) is 1.80. The van der Waals surface area contributed by atoms with Crippen LogP contribution in [0.2, 0.25) is 0 Å². The number of methoxy groups -OCH3 is 1. The summed E-state index contributed by atoms with van der Waals surface area (Å²) in [5.41, 5.74) is 3.18. The Morgan fingerprint density at radius 2 is 1.42 bits per heavy atom. The Hall–Kier alpha value is -2.04. The number of quaternary nitrogens is 1. The van der Waals surface area contributed by atoms with Crippen LogP contribution in [0.15, 0.2) is 48.5 Å². The van der Waals surface area contributed by atoms with Crippen molar-refractivity contribution in [2.75, 3.05) is 34.4 Å². The molecule has 33 heavy (non-hydrogen) atoms. The van der Waals surface area contributed by atoms with Crippen LogP contribution in [-0.4, -0.2) is 50.1 Å². The molecule has 1 unspecified atom stereocenters. The number of hydrogen-bond donors (Lipinski definition) is 1. The monoisotopic (exact) mass is 450 g/mol. The maximum atomic E-state index is 10.7. The second-order valence-electron chi connectivity index (χ2n) is 11.8. The van der Waals surface area contributed by atoms with Gasteiger partial charge in [-0.15, -0.1) is 0 Å². The summed E-state index contributed by atoms with van der Waals surface area (Å²) < 4.78 is 11.9. The molecule has 0 saturated heterocycles. The van der Waals surface area contributed by atoms with Crippen molar-refractivity contribution in [3.8, 4) is 11.5 Å². The second-order valence-corrected chi connectivity index (χ2v) is 11.8. The lowest BCUT2D eigenvalue weighted by Gasteiger charge is -2.57. The van der Waals surface area contributed by atoms with Crippen molar-refractivity contribution in [3.05, 3.63) is 59.7 Å². The van der Waals surface area contributed by atoms with E-state index in [1.54, 1.807) is 7.11 Å². The van der Waals surface area contributed by atoms with E-state index in [9.17, 15) is 5.11 Å². The zero-order valence-electron chi connectivity index (χ0n) is 20.5. The van der Waals surface area contributed by atoms with Gasteiger partial charge in [0.15, 0.2) is 0 Å². The van der Waals surface area contributed by atoms with Crippen molar-refractivity contribution in [1.29, 1.82) is 0 Å². The zero-order valence-corrected chi connectivity index (χ0v) is 20.5. The molecule has 6 rings (SSSR count). The van der Waals surface area contributed by atoms with Gasteiger partial charge in [0.2, 0.25) is 0 Å². The van der Waals surface area contributed by atoms with Gasteiger partial charge in [-0.3, -0.25) is 0 Å². The van der Waals surface area contributed by atoms with Gasteiger partial charge < -0.3 is 19.1 Å². The van der Waals surface area contributed by atoms with E-state index in [-0.39, 0.29) is 0 Å². The Bertz CT molecular complexity index is 899. The molecule has 0 radical (unpaired) electrons. The fourth-order valence-corrected chi connectivity index (χ4v) is 7.47. The van der Waals surface area contributed by atoms with Crippen LogP contribution in [0.25, 0.3) is 0 Å². The topological polar surface area (TPSA) is 38.7 Å². The Morgan fingerprint density at radius 1 is 0.879 bits per heavy atom. The van der Waals surface area contributed by atoms with Crippen LogP contribution in [0.1, 0.15) is 49.7 Å². The molecule has 0 heterocycles. The van der Waals surface area contributed by atoms with Gasteiger partial charge in [0.05, 0.1) is 21.2 Å². The highest BCUT2D eigenvalue weighted by Crippen LogP contribution is 2.60. The van der Waals surface area contributed by atoms with Gasteiger partial charge in [-0.2, -0.15) is 0 Å². The molecule has 0 aromatic heterocycles. The van der Waals surface area contributed by atoms with Gasteiger partial charge >= 0.3 is 0 Å². The van der Waals surface area contributed by atoms with Crippen LogP contribution in [0, 0.1) is 17.8 Å². The largest absolute Gasteiger partial charge is 0.497 e. The van der Waals surface area contributed by atoms with Crippen molar-refractivity contribution in [2.24, 2.45) is 17.8 Å². The molecular formula is C29H40NO3+. The molecule has 4 bridgehead atoms. The van der Waals surface area contributed by atoms with Gasteiger partial charge in [0.1, 0.15) is 37.3 Å². The third kappa shape index (κ3) is 5.07. The minimum absolute atomic E-state index is 0.320. The SMILES string of the molecule is COc1ccc(C[N+](C)(C)CC(O)COc2ccc(C34CC5CC(CC(C5)C3)C4)cc2)cc1. The van der Waals surface area contributed by atoms with E-state index in [4.69, 9.17) is 9.47 Å². The van der Waals surface area contributed by atoms with E-state index in [1.165, 1.54) is 49.7 Å². The standard InChI is InChI=1S/C29H40NO3/c1-30(2,18-21-4-8-27(32-3)9-5-21)19-26(31)20-33-28-10-6-25(7-11-28)29-15-22-12-23(16-29)14-24(13-22)17-29/h4-11,22-24,26,31H,12-20H2,1-3H3/q+1. The van der Waals surface area contributed by atoms with E-state index >= 15 is 0 Å². The van der Waals surface area contributed by atoms with E-state index in [1.807, 2.05) is 12.1 Å². The van der Waals surface area contributed by atoms with Crippen LogP contribution >= 0.6 is 0 Å². The quantitative estimate of drug-likeness (QED) is 0.535. The second kappa shape index (κ2) is 8.96. The van der Waals surface area contributed by atoms with Gasteiger partial charge in [-0.05, 0) is 104 Å². The lowest BCUT2D eigenvalue weighted by atomic mass is 9.48. The first-order valence-electron chi connectivity index (χ1n) is 12.7. The number of aliphatic hydroxyl groups is 1. The highest BCUT2D eigenvalue weighted by molar-refractivity contribution is 5.34. The van der Waals surface area contributed by atoms with Crippen LogP contribution in [-0.2, 0) is 12.0 Å². The summed E-state index contributed by atoms with van der Waals surface area (Å²) in [5, 5.41) is 10.7. The van der Waals surface area contributed by atoms with Gasteiger partial charge in [0.25, 0.3) is 0 Å². The highest BCUT2D eigenvalue weighted by Gasteiger charge is 2.51. The molecule has 1 atom stereocenters. The van der Waals surface area contributed by atoms with Gasteiger partial charge in [0, 0.05) is 5.56 Å². The minimum Gasteiger partial charge on any atom is -0.497 e. The summed E-state index contributed by atoms with van der Waals surface area (Å²) in [4.78, 5) is 0. The molecule has 178 valence electrons. The van der Waals surface area contributed by atoms with Crippen molar-refractivity contribution in [3.63, 3.8) is 0 Å². The molecule has 4 saturated carbocycles. The van der Waals surface area contributed by atoms with Crippen LogP contribution in [0.5, 0.6) is 11.5 Å². The average Bonchev–Trinajstić information content (AvgIpc) is 2.77. The normalized spacial score (nSPS) is 29.2. The summed E-state index contributed by atoms with van der Waals surface area (Å²) in [6.07, 6.45) is 8.08. The first-order valence-corrected chi connectivity index (χ1v) is 12.7. The van der Waals surface area contributed by atoms with E-state index in [0.29, 0.717) is 23.0 Å². The van der Waals surface area contributed by atoms with Crippen molar-refractivity contribution in [1.82, 2.24) is 0 Å². The lowest BCUT2D eigenvalue weighted by molar-refractivity contribution is -0.906. The molecule has 0 amide bonds. The Morgan fingerprint density at radius 3 is 1.97 bits per heavy atom. The predicted octanol–water partition coefficient (Wildman–Crippen LogP) is 5.18. The Balaban J connectivity index is 1.13. The van der Waals surface area contributed by atoms with Crippen molar-refractivity contribution in [2.45, 2.75) is 56.6 Å². The van der Waals surface area contributed by atoms with E-state index in [0.717, 1.165) is 35.8 Å². The summed E-state index contributed by atoms with van der Waals surface area (Å²) in [6, 6.07) is 17.0. The van der Waals surface area contributed by atoms with E-state index < -0.39 is 6.10 Å². The molecule has 0 aliphatic heterocycles. The maximum absolute atomic E-state index is 10.7. The molecule has 1 N–H and O–H groups in total. The maximum Gasteiger partial charge on any atom is 0.137 e. The van der Waals surface area contributed by atoms with E-state index in [2.05, 4.69) is 50.5 Å².